The van der Waals surface area contributed by atoms with E-state index in [0.29, 0.717) is 12.5 Å². The molecule has 0 spiro atoms. The van der Waals surface area contributed by atoms with E-state index in [2.05, 4.69) is 23.4 Å². The lowest BCUT2D eigenvalue weighted by Crippen LogP contribution is -2.09. The molecule has 1 N–H and O–H groups in total. The number of hydrogen-bond donors (Lipinski definition) is 1. The van der Waals surface area contributed by atoms with Crippen molar-refractivity contribution in [2.75, 3.05) is 0 Å². The van der Waals surface area contributed by atoms with Crippen LogP contribution in [-0.4, -0.2) is 20.6 Å². The van der Waals surface area contributed by atoms with Gasteiger partial charge in [0.15, 0.2) is 0 Å². The molecular formula is C15H18N2O2. The van der Waals surface area contributed by atoms with E-state index < -0.39 is 5.97 Å². The number of imidazole rings is 1. The molecule has 0 aliphatic heterocycles. The van der Waals surface area contributed by atoms with Gasteiger partial charge in [-0.2, -0.15) is 0 Å². The van der Waals surface area contributed by atoms with Crippen molar-refractivity contribution in [3.8, 4) is 0 Å². The van der Waals surface area contributed by atoms with Gasteiger partial charge in [-0.15, -0.1) is 0 Å². The number of hydrogen-bond acceptors (Lipinski definition) is 2. The molecule has 19 heavy (non-hydrogen) atoms. The first-order valence-electron chi connectivity index (χ1n) is 6.37. The van der Waals surface area contributed by atoms with Crippen LogP contribution in [0.2, 0.25) is 0 Å². The average molecular weight is 258 g/mol. The van der Waals surface area contributed by atoms with Crippen LogP contribution in [0.1, 0.15) is 36.7 Å². The molecular weight excluding hydrogens is 240 g/mol. The largest absolute Gasteiger partial charge is 0.481 e. The van der Waals surface area contributed by atoms with Crippen LogP contribution in [0.25, 0.3) is 0 Å². The minimum absolute atomic E-state index is 0.0574. The SMILES string of the molecule is CC(C)c1nccn1Cc1ccccc1CC(=O)O. The van der Waals surface area contributed by atoms with Crippen LogP contribution in [0, 0.1) is 0 Å². The molecule has 0 amide bonds. The molecule has 0 saturated carbocycles. The second-order valence-corrected chi connectivity index (χ2v) is 4.91. The predicted molar refractivity (Wildman–Crippen MR) is 73.2 cm³/mol. The van der Waals surface area contributed by atoms with E-state index in [4.69, 9.17) is 5.11 Å². The summed E-state index contributed by atoms with van der Waals surface area (Å²) >= 11 is 0. The maximum absolute atomic E-state index is 10.9. The zero-order chi connectivity index (χ0) is 13.8. The maximum atomic E-state index is 10.9. The van der Waals surface area contributed by atoms with Crippen molar-refractivity contribution < 1.29 is 9.90 Å². The first kappa shape index (κ1) is 13.3. The number of aliphatic carboxylic acids is 1. The molecule has 0 unspecified atom stereocenters. The molecule has 2 rings (SSSR count). The third kappa shape index (κ3) is 3.22. The summed E-state index contributed by atoms with van der Waals surface area (Å²) in [5, 5.41) is 8.94. The van der Waals surface area contributed by atoms with Crippen molar-refractivity contribution >= 4 is 5.97 Å². The number of carbonyl (C=O) groups is 1. The topological polar surface area (TPSA) is 55.1 Å². The van der Waals surface area contributed by atoms with E-state index in [0.717, 1.165) is 17.0 Å². The normalized spacial score (nSPS) is 10.9. The fourth-order valence-electron chi connectivity index (χ4n) is 2.19. The number of nitrogens with zero attached hydrogens (tertiary/aromatic N) is 2. The molecule has 0 fully saturated rings. The van der Waals surface area contributed by atoms with Crippen LogP contribution in [0.15, 0.2) is 36.7 Å². The van der Waals surface area contributed by atoms with E-state index in [-0.39, 0.29) is 6.42 Å². The van der Waals surface area contributed by atoms with Gasteiger partial charge < -0.3 is 9.67 Å². The molecule has 4 heteroatoms. The van der Waals surface area contributed by atoms with E-state index in [1.54, 1.807) is 6.20 Å². The third-order valence-electron chi connectivity index (χ3n) is 3.06. The summed E-state index contributed by atoms with van der Waals surface area (Å²) in [6.07, 6.45) is 3.78. The van der Waals surface area contributed by atoms with Crippen molar-refractivity contribution in [1.82, 2.24) is 9.55 Å². The standard InChI is InChI=1S/C15H18N2O2/c1-11(2)15-16-7-8-17(15)10-13-6-4-3-5-12(13)9-14(18)19/h3-8,11H,9-10H2,1-2H3,(H,18,19). The van der Waals surface area contributed by atoms with Crippen LogP contribution >= 0.6 is 0 Å². The molecule has 0 atom stereocenters. The van der Waals surface area contributed by atoms with Crippen LogP contribution in [0.4, 0.5) is 0 Å². The molecule has 1 heterocycles. The minimum Gasteiger partial charge on any atom is -0.481 e. The Morgan fingerprint density at radius 2 is 2.00 bits per heavy atom. The number of carboxylic acid groups (broad SMARTS) is 1. The Kier molecular flexibility index (Phi) is 4.00. The van der Waals surface area contributed by atoms with Gasteiger partial charge in [0.25, 0.3) is 0 Å². The Balaban J connectivity index is 2.28. The van der Waals surface area contributed by atoms with Crippen molar-refractivity contribution in [1.29, 1.82) is 0 Å². The monoisotopic (exact) mass is 258 g/mol. The molecule has 0 radical (unpaired) electrons. The highest BCUT2D eigenvalue weighted by Gasteiger charge is 2.10. The molecule has 0 bridgehead atoms. The van der Waals surface area contributed by atoms with Crippen LogP contribution in [0.5, 0.6) is 0 Å². The predicted octanol–water partition coefficient (Wildman–Crippen LogP) is 2.68. The quantitative estimate of drug-likeness (QED) is 0.897. The summed E-state index contributed by atoms with van der Waals surface area (Å²) in [6, 6.07) is 7.66. The highest BCUT2D eigenvalue weighted by Crippen LogP contribution is 2.16. The second kappa shape index (κ2) is 5.69. The first-order valence-corrected chi connectivity index (χ1v) is 6.37. The van der Waals surface area contributed by atoms with Gasteiger partial charge in [-0.3, -0.25) is 4.79 Å². The fourth-order valence-corrected chi connectivity index (χ4v) is 2.19. The zero-order valence-electron chi connectivity index (χ0n) is 11.2. The first-order chi connectivity index (χ1) is 9.08. The summed E-state index contributed by atoms with van der Waals surface area (Å²) in [7, 11) is 0. The Morgan fingerprint density at radius 3 is 2.63 bits per heavy atom. The lowest BCUT2D eigenvalue weighted by molar-refractivity contribution is -0.136. The lowest BCUT2D eigenvalue weighted by atomic mass is 10.0. The van der Waals surface area contributed by atoms with E-state index in [1.807, 2.05) is 30.5 Å². The average Bonchev–Trinajstić information content (AvgIpc) is 2.79. The fraction of sp³-hybridized carbons (Fsp3) is 0.333. The Bertz CT molecular complexity index is 573. The van der Waals surface area contributed by atoms with Crippen LogP contribution in [0.3, 0.4) is 0 Å². The summed E-state index contributed by atoms with van der Waals surface area (Å²) < 4.78 is 2.07. The van der Waals surface area contributed by atoms with Gasteiger partial charge in [-0.25, -0.2) is 4.98 Å². The van der Waals surface area contributed by atoms with Gasteiger partial charge in [0.05, 0.1) is 6.42 Å². The molecule has 0 aliphatic carbocycles. The summed E-state index contributed by atoms with van der Waals surface area (Å²) in [4.78, 5) is 15.2. The zero-order valence-corrected chi connectivity index (χ0v) is 11.2. The Hall–Kier alpha value is -2.10. The van der Waals surface area contributed by atoms with E-state index >= 15 is 0 Å². The highest BCUT2D eigenvalue weighted by molar-refractivity contribution is 5.70. The van der Waals surface area contributed by atoms with Gasteiger partial charge in [-0.05, 0) is 11.1 Å². The molecule has 100 valence electrons. The van der Waals surface area contributed by atoms with Crippen LogP contribution < -0.4 is 0 Å². The second-order valence-electron chi connectivity index (χ2n) is 4.91. The molecule has 2 aromatic rings. The molecule has 0 saturated heterocycles. The Morgan fingerprint density at radius 1 is 1.32 bits per heavy atom. The molecule has 0 aliphatic rings. The summed E-state index contributed by atoms with van der Waals surface area (Å²) in [5.41, 5.74) is 1.89. The van der Waals surface area contributed by atoms with E-state index in [9.17, 15) is 4.79 Å². The number of carboxylic acids is 1. The molecule has 4 nitrogen and oxygen atoms in total. The van der Waals surface area contributed by atoms with E-state index in [1.165, 1.54) is 0 Å². The van der Waals surface area contributed by atoms with Crippen LogP contribution in [-0.2, 0) is 17.8 Å². The highest BCUT2D eigenvalue weighted by atomic mass is 16.4. The van der Waals surface area contributed by atoms with Crippen molar-refractivity contribution in [2.45, 2.75) is 32.7 Å². The smallest absolute Gasteiger partial charge is 0.307 e. The third-order valence-corrected chi connectivity index (χ3v) is 3.06. The molecule has 1 aromatic heterocycles. The lowest BCUT2D eigenvalue weighted by Gasteiger charge is -2.13. The Labute approximate surface area is 112 Å². The summed E-state index contributed by atoms with van der Waals surface area (Å²) in [5.74, 6) is 0.564. The molecule has 1 aromatic carbocycles. The van der Waals surface area contributed by atoms with Crippen molar-refractivity contribution in [3.63, 3.8) is 0 Å². The number of rotatable bonds is 5. The van der Waals surface area contributed by atoms with Gasteiger partial charge in [0.1, 0.15) is 5.82 Å². The van der Waals surface area contributed by atoms with Crippen molar-refractivity contribution in [2.24, 2.45) is 0 Å². The summed E-state index contributed by atoms with van der Waals surface area (Å²) in [6.45, 7) is 4.86. The van der Waals surface area contributed by atoms with Gasteiger partial charge in [0, 0.05) is 24.9 Å². The van der Waals surface area contributed by atoms with Gasteiger partial charge in [0.2, 0.25) is 0 Å². The number of aromatic nitrogens is 2. The van der Waals surface area contributed by atoms with Crippen molar-refractivity contribution in [3.05, 3.63) is 53.6 Å². The number of benzene rings is 1. The van der Waals surface area contributed by atoms with Gasteiger partial charge in [-0.1, -0.05) is 38.1 Å². The minimum atomic E-state index is -0.804. The maximum Gasteiger partial charge on any atom is 0.307 e. The van der Waals surface area contributed by atoms with Gasteiger partial charge >= 0.3 is 5.97 Å².